The van der Waals surface area contributed by atoms with E-state index in [1.54, 1.807) is 36.7 Å². The van der Waals surface area contributed by atoms with Crippen LogP contribution < -0.4 is 9.47 Å². The molecule has 0 aromatic heterocycles. The molecule has 0 unspecified atom stereocenters. The second-order valence-electron chi connectivity index (χ2n) is 6.71. The molecule has 1 aliphatic carbocycles. The molecule has 1 aliphatic rings. The number of aryl methyl sites for hydroxylation is 1. The van der Waals surface area contributed by atoms with Crippen molar-refractivity contribution in [2.75, 3.05) is 14.2 Å². The molecule has 0 aliphatic heterocycles. The summed E-state index contributed by atoms with van der Waals surface area (Å²) in [5, 5.41) is 1.29. The highest BCUT2D eigenvalue weighted by molar-refractivity contribution is 7.92. The minimum atomic E-state index is -3.55. The van der Waals surface area contributed by atoms with Gasteiger partial charge in [0.1, 0.15) is 11.5 Å². The van der Waals surface area contributed by atoms with Crippen molar-refractivity contribution in [3.8, 4) is 11.5 Å². The van der Waals surface area contributed by atoms with E-state index < -0.39 is 10.0 Å². The van der Waals surface area contributed by atoms with Crippen LogP contribution in [0.1, 0.15) is 29.5 Å². The maximum atomic E-state index is 13.0. The lowest BCUT2D eigenvalue weighted by Gasteiger charge is -2.21. The molecular weight excluding hydrogens is 362 g/mol. The van der Waals surface area contributed by atoms with Gasteiger partial charge in [0.15, 0.2) is 0 Å². The molecular formula is C21H25NO4S. The lowest BCUT2D eigenvalue weighted by Crippen LogP contribution is -2.31. The molecule has 0 N–H and O–H groups in total. The van der Waals surface area contributed by atoms with Crippen LogP contribution in [-0.4, -0.2) is 33.0 Å². The molecule has 144 valence electrons. The van der Waals surface area contributed by atoms with Crippen molar-refractivity contribution in [3.63, 3.8) is 0 Å². The van der Waals surface area contributed by atoms with E-state index in [-0.39, 0.29) is 12.6 Å². The van der Waals surface area contributed by atoms with Gasteiger partial charge in [-0.25, -0.2) is 8.42 Å². The van der Waals surface area contributed by atoms with Crippen LogP contribution >= 0.6 is 0 Å². The molecule has 0 saturated heterocycles. The SMILES string of the molecule is COc1ccc(OC)c(CN(C2CC2)S(=O)(=O)C=Cc2ccc(C)cc2)c1. The highest BCUT2D eigenvalue weighted by Crippen LogP contribution is 2.34. The minimum Gasteiger partial charge on any atom is -0.497 e. The van der Waals surface area contributed by atoms with Crippen molar-refractivity contribution < 1.29 is 17.9 Å². The first-order chi connectivity index (χ1) is 12.9. The van der Waals surface area contributed by atoms with Crippen molar-refractivity contribution in [1.29, 1.82) is 0 Å². The van der Waals surface area contributed by atoms with Gasteiger partial charge in [-0.15, -0.1) is 0 Å². The molecule has 0 bridgehead atoms. The molecule has 1 saturated carbocycles. The van der Waals surface area contributed by atoms with Crippen LogP contribution in [0.25, 0.3) is 6.08 Å². The lowest BCUT2D eigenvalue weighted by atomic mass is 10.2. The van der Waals surface area contributed by atoms with Crippen LogP contribution in [0.3, 0.4) is 0 Å². The fraction of sp³-hybridized carbons (Fsp3) is 0.333. The summed E-state index contributed by atoms with van der Waals surface area (Å²) >= 11 is 0. The zero-order chi connectivity index (χ0) is 19.4. The predicted molar refractivity (Wildman–Crippen MR) is 107 cm³/mol. The zero-order valence-corrected chi connectivity index (χ0v) is 16.7. The normalized spacial score (nSPS) is 14.7. The van der Waals surface area contributed by atoms with Crippen molar-refractivity contribution in [1.82, 2.24) is 4.31 Å². The smallest absolute Gasteiger partial charge is 0.236 e. The summed E-state index contributed by atoms with van der Waals surface area (Å²) in [7, 11) is -0.383. The zero-order valence-electron chi connectivity index (χ0n) is 15.9. The summed E-state index contributed by atoms with van der Waals surface area (Å²) in [4.78, 5) is 0. The van der Waals surface area contributed by atoms with Gasteiger partial charge in [-0.3, -0.25) is 0 Å². The molecule has 0 atom stereocenters. The van der Waals surface area contributed by atoms with E-state index >= 15 is 0 Å². The fourth-order valence-corrected chi connectivity index (χ4v) is 4.31. The number of ether oxygens (including phenoxy) is 2. The molecule has 2 aromatic rings. The van der Waals surface area contributed by atoms with E-state index in [1.807, 2.05) is 37.3 Å². The quantitative estimate of drug-likeness (QED) is 0.688. The topological polar surface area (TPSA) is 55.8 Å². The van der Waals surface area contributed by atoms with Crippen LogP contribution in [0.5, 0.6) is 11.5 Å². The van der Waals surface area contributed by atoms with Crippen molar-refractivity contribution in [2.45, 2.75) is 32.4 Å². The van der Waals surface area contributed by atoms with Crippen LogP contribution in [0.15, 0.2) is 47.9 Å². The lowest BCUT2D eigenvalue weighted by molar-refractivity contribution is 0.372. The maximum Gasteiger partial charge on any atom is 0.236 e. The third-order valence-corrected chi connectivity index (χ3v) is 6.17. The third kappa shape index (κ3) is 4.90. The molecule has 3 rings (SSSR count). The first-order valence-electron chi connectivity index (χ1n) is 8.90. The van der Waals surface area contributed by atoms with E-state index in [0.29, 0.717) is 11.5 Å². The Morgan fingerprint density at radius 1 is 1.07 bits per heavy atom. The second-order valence-corrected chi connectivity index (χ2v) is 8.48. The summed E-state index contributed by atoms with van der Waals surface area (Å²) in [6.45, 7) is 2.26. The Kier molecular flexibility index (Phi) is 5.87. The van der Waals surface area contributed by atoms with Crippen LogP contribution in [0.2, 0.25) is 0 Å². The highest BCUT2D eigenvalue weighted by atomic mass is 32.2. The molecule has 27 heavy (non-hydrogen) atoms. The minimum absolute atomic E-state index is 0.0357. The van der Waals surface area contributed by atoms with Crippen LogP contribution in [0.4, 0.5) is 0 Å². The third-order valence-electron chi connectivity index (χ3n) is 4.60. The number of rotatable bonds is 8. The standard InChI is InChI=1S/C21H25NO4S/c1-16-4-6-17(7-5-16)12-13-27(23,24)22(19-8-9-19)15-18-14-20(25-2)10-11-21(18)26-3/h4-7,10-14,19H,8-9,15H2,1-3H3. The van der Waals surface area contributed by atoms with Crippen molar-refractivity contribution in [3.05, 3.63) is 64.6 Å². The molecule has 1 fully saturated rings. The maximum absolute atomic E-state index is 13.0. The number of nitrogens with zero attached hydrogens (tertiary/aromatic N) is 1. The van der Waals surface area contributed by atoms with Gasteiger partial charge >= 0.3 is 0 Å². The average Bonchev–Trinajstić information content (AvgIpc) is 3.50. The van der Waals surface area contributed by atoms with E-state index in [2.05, 4.69) is 0 Å². The highest BCUT2D eigenvalue weighted by Gasteiger charge is 2.36. The van der Waals surface area contributed by atoms with Gasteiger partial charge in [0.25, 0.3) is 0 Å². The van der Waals surface area contributed by atoms with Crippen molar-refractivity contribution >= 4 is 16.1 Å². The first-order valence-corrected chi connectivity index (χ1v) is 10.4. The predicted octanol–water partition coefficient (Wildman–Crippen LogP) is 3.98. The van der Waals surface area contributed by atoms with Gasteiger partial charge in [-0.05, 0) is 49.6 Å². The number of benzene rings is 2. The number of hydrogen-bond acceptors (Lipinski definition) is 4. The second kappa shape index (κ2) is 8.15. The monoisotopic (exact) mass is 387 g/mol. The summed E-state index contributed by atoms with van der Waals surface area (Å²) < 4.78 is 38.2. The van der Waals surface area contributed by atoms with Crippen molar-refractivity contribution in [2.24, 2.45) is 0 Å². The van der Waals surface area contributed by atoms with E-state index in [4.69, 9.17) is 9.47 Å². The summed E-state index contributed by atoms with van der Waals surface area (Å²) in [6, 6.07) is 13.2. The van der Waals surface area contributed by atoms with Gasteiger partial charge in [-0.1, -0.05) is 29.8 Å². The Morgan fingerprint density at radius 2 is 1.78 bits per heavy atom. The summed E-state index contributed by atoms with van der Waals surface area (Å²) in [5.41, 5.74) is 2.79. The largest absolute Gasteiger partial charge is 0.497 e. The molecule has 0 spiro atoms. The van der Waals surface area contributed by atoms with Gasteiger partial charge in [0.2, 0.25) is 10.0 Å². The Morgan fingerprint density at radius 3 is 2.37 bits per heavy atom. The van der Waals surface area contributed by atoms with Gasteiger partial charge in [0, 0.05) is 23.6 Å². The summed E-state index contributed by atoms with van der Waals surface area (Å²) in [5.74, 6) is 1.33. The van der Waals surface area contributed by atoms with E-state index in [9.17, 15) is 8.42 Å². The van der Waals surface area contributed by atoms with E-state index in [1.165, 1.54) is 5.41 Å². The Bertz CT molecular complexity index is 916. The average molecular weight is 388 g/mol. The molecule has 5 nitrogen and oxygen atoms in total. The Balaban J connectivity index is 1.86. The molecule has 0 radical (unpaired) electrons. The molecule has 0 amide bonds. The summed E-state index contributed by atoms with van der Waals surface area (Å²) in [6.07, 6.45) is 3.40. The van der Waals surface area contributed by atoms with E-state index in [0.717, 1.165) is 29.5 Å². The van der Waals surface area contributed by atoms with Gasteiger partial charge in [-0.2, -0.15) is 4.31 Å². The van der Waals surface area contributed by atoms with Crippen LogP contribution in [0, 0.1) is 6.92 Å². The number of hydrogen-bond donors (Lipinski definition) is 0. The van der Waals surface area contributed by atoms with Gasteiger partial charge in [0.05, 0.1) is 14.2 Å². The first kappa shape index (κ1) is 19.5. The number of sulfonamides is 1. The van der Waals surface area contributed by atoms with Gasteiger partial charge < -0.3 is 9.47 Å². The fourth-order valence-electron chi connectivity index (χ4n) is 2.88. The molecule has 2 aromatic carbocycles. The molecule has 6 heteroatoms. The Hall–Kier alpha value is -2.31. The Labute approximate surface area is 161 Å². The molecule has 0 heterocycles. The van der Waals surface area contributed by atoms with Crippen LogP contribution in [-0.2, 0) is 16.6 Å². The number of methoxy groups -OCH3 is 2.